The lowest BCUT2D eigenvalue weighted by atomic mass is 9.46. The van der Waals surface area contributed by atoms with Crippen LogP contribution in [0.5, 0.6) is 0 Å². The summed E-state index contributed by atoms with van der Waals surface area (Å²) in [5.74, 6) is 4.04. The zero-order valence-electron chi connectivity index (χ0n) is 22.8. The van der Waals surface area contributed by atoms with Crippen LogP contribution in [-0.4, -0.2) is 23.3 Å². The smallest absolute Gasteiger partial charge is 0.303 e. The lowest BCUT2D eigenvalue weighted by molar-refractivity contribution is -0.158. The molecule has 0 aromatic heterocycles. The number of carbonyl (C=O) groups excluding carboxylic acids is 1. The summed E-state index contributed by atoms with van der Waals surface area (Å²) in [5.41, 5.74) is 1.81. The van der Waals surface area contributed by atoms with Gasteiger partial charge in [-0.05, 0) is 104 Å². The molecule has 3 saturated carbocycles. The summed E-state index contributed by atoms with van der Waals surface area (Å²) in [7, 11) is 0. The van der Waals surface area contributed by atoms with E-state index in [1.165, 1.54) is 37.7 Å². The summed E-state index contributed by atoms with van der Waals surface area (Å²) in [4.78, 5) is 12.2. The Bertz CT molecular complexity index is 811. The molecule has 0 saturated heterocycles. The molecule has 0 unspecified atom stereocenters. The number of aliphatic hydroxyl groups is 1. The first kappa shape index (κ1) is 26.0. The fourth-order valence-corrected chi connectivity index (χ4v) is 9.09. The van der Waals surface area contributed by atoms with Gasteiger partial charge in [-0.2, -0.15) is 0 Å². The highest BCUT2D eigenvalue weighted by Gasteiger charge is 2.61. The molecule has 3 heteroatoms. The van der Waals surface area contributed by atoms with Gasteiger partial charge in [0.1, 0.15) is 6.10 Å². The van der Waals surface area contributed by atoms with Crippen LogP contribution in [0.3, 0.4) is 0 Å². The number of allylic oxidation sites excluding steroid dienone is 2. The molecule has 0 aromatic carbocycles. The van der Waals surface area contributed by atoms with Crippen molar-refractivity contribution < 1.29 is 14.6 Å². The van der Waals surface area contributed by atoms with E-state index in [1.807, 2.05) is 0 Å². The minimum atomic E-state index is -0.246. The maximum absolute atomic E-state index is 12.2. The molecule has 0 spiro atoms. The molecule has 3 fully saturated rings. The molecule has 0 aromatic rings. The van der Waals surface area contributed by atoms with Crippen LogP contribution in [0.4, 0.5) is 0 Å². The Hall–Kier alpha value is -1.09. The number of ether oxygens (including phenoxy) is 1. The highest BCUT2D eigenvalue weighted by atomic mass is 16.5. The van der Waals surface area contributed by atoms with Gasteiger partial charge >= 0.3 is 5.97 Å². The number of hydrogen-bond acceptors (Lipinski definition) is 3. The van der Waals surface area contributed by atoms with Crippen molar-refractivity contribution >= 4 is 5.97 Å². The molecule has 0 heterocycles. The average molecular weight is 471 g/mol. The number of carbonyl (C=O) groups is 1. The van der Waals surface area contributed by atoms with E-state index >= 15 is 0 Å². The maximum Gasteiger partial charge on any atom is 0.303 e. The van der Waals surface area contributed by atoms with E-state index in [-0.39, 0.29) is 23.6 Å². The number of rotatable bonds is 6. The Labute approximate surface area is 208 Å². The Morgan fingerprint density at radius 3 is 2.50 bits per heavy atom. The molecular formula is C31H50O3. The largest absolute Gasteiger partial charge is 0.458 e. The molecule has 0 aliphatic heterocycles. The fraction of sp³-hybridized carbons (Fsp3) is 0.839. The molecule has 192 valence electrons. The zero-order chi connectivity index (χ0) is 24.8. The predicted molar refractivity (Wildman–Crippen MR) is 139 cm³/mol. The first-order chi connectivity index (χ1) is 16.0. The van der Waals surface area contributed by atoms with Crippen molar-refractivity contribution in [2.45, 2.75) is 112 Å². The van der Waals surface area contributed by atoms with E-state index < -0.39 is 0 Å². The highest BCUT2D eigenvalue weighted by Crippen LogP contribution is 2.67. The molecule has 4 aliphatic rings. The second-order valence-electron chi connectivity index (χ2n) is 13.2. The lowest BCUT2D eigenvalue weighted by Crippen LogP contribution is -2.55. The van der Waals surface area contributed by atoms with Gasteiger partial charge in [-0.15, -0.1) is 0 Å². The minimum absolute atomic E-state index is 0.129. The normalized spacial score (nSPS) is 43.6. The molecule has 1 N–H and O–H groups in total. The Morgan fingerprint density at radius 2 is 1.85 bits per heavy atom. The standard InChI is InChI=1S/C31H50O3/c1-8-22(19(2)3)10-9-20(4)25-11-12-26-29-27(14-16-31(25,26)7)30(6)15-13-24(33)17-23(30)18-28(29)34-21(5)32/h9-10,18-20,22,24-29,33H,8,11-17H2,1-7H3/b10-9+/t20-,22-,24+,25-,26+,27+,28-,29+,30+,31-/m1/s1. The molecule has 10 atom stereocenters. The van der Waals surface area contributed by atoms with Crippen LogP contribution < -0.4 is 0 Å². The Morgan fingerprint density at radius 1 is 1.12 bits per heavy atom. The van der Waals surface area contributed by atoms with Crippen molar-refractivity contribution in [1.29, 1.82) is 0 Å². The molecule has 0 amide bonds. The molecule has 3 nitrogen and oxygen atoms in total. The minimum Gasteiger partial charge on any atom is -0.458 e. The number of aliphatic hydroxyl groups excluding tert-OH is 1. The second-order valence-corrected chi connectivity index (χ2v) is 13.2. The van der Waals surface area contributed by atoms with Gasteiger partial charge in [0.15, 0.2) is 0 Å². The first-order valence-electron chi connectivity index (χ1n) is 14.3. The van der Waals surface area contributed by atoms with Crippen molar-refractivity contribution in [3.05, 3.63) is 23.8 Å². The van der Waals surface area contributed by atoms with Crippen LogP contribution in [0.2, 0.25) is 0 Å². The van der Waals surface area contributed by atoms with Crippen molar-refractivity contribution in [2.75, 3.05) is 0 Å². The molecule has 4 aliphatic carbocycles. The van der Waals surface area contributed by atoms with Crippen LogP contribution in [0.15, 0.2) is 23.8 Å². The number of fused-ring (bicyclic) bond motifs is 5. The van der Waals surface area contributed by atoms with E-state index in [9.17, 15) is 9.90 Å². The topological polar surface area (TPSA) is 46.5 Å². The predicted octanol–water partition coefficient (Wildman–Crippen LogP) is 7.34. The summed E-state index contributed by atoms with van der Waals surface area (Å²) in [6, 6.07) is 0. The monoisotopic (exact) mass is 470 g/mol. The van der Waals surface area contributed by atoms with Crippen molar-refractivity contribution in [2.24, 2.45) is 52.3 Å². The summed E-state index contributed by atoms with van der Waals surface area (Å²) in [6.45, 7) is 16.0. The van der Waals surface area contributed by atoms with Gasteiger partial charge in [-0.3, -0.25) is 4.79 Å². The first-order valence-corrected chi connectivity index (χ1v) is 14.3. The third-order valence-corrected chi connectivity index (χ3v) is 11.1. The third kappa shape index (κ3) is 4.44. The van der Waals surface area contributed by atoms with E-state index in [2.05, 4.69) is 59.8 Å². The Balaban J connectivity index is 1.63. The van der Waals surface area contributed by atoms with Crippen LogP contribution in [-0.2, 0) is 9.53 Å². The third-order valence-electron chi connectivity index (χ3n) is 11.1. The van der Waals surface area contributed by atoms with Gasteiger partial charge in [0.05, 0.1) is 6.10 Å². The number of hydrogen-bond donors (Lipinski definition) is 1. The quantitative estimate of drug-likeness (QED) is 0.326. The van der Waals surface area contributed by atoms with Crippen LogP contribution in [0.1, 0.15) is 99.8 Å². The van der Waals surface area contributed by atoms with Gasteiger partial charge < -0.3 is 9.84 Å². The van der Waals surface area contributed by atoms with Crippen molar-refractivity contribution in [1.82, 2.24) is 0 Å². The number of esters is 1. The summed E-state index contributed by atoms with van der Waals surface area (Å²) in [5, 5.41) is 10.4. The lowest BCUT2D eigenvalue weighted by Gasteiger charge is -2.59. The summed E-state index contributed by atoms with van der Waals surface area (Å²) < 4.78 is 6.05. The summed E-state index contributed by atoms with van der Waals surface area (Å²) in [6.07, 6.45) is 15.9. The van der Waals surface area contributed by atoms with Gasteiger partial charge in [-0.25, -0.2) is 0 Å². The molecule has 0 radical (unpaired) electrons. The average Bonchev–Trinajstić information content (AvgIpc) is 3.11. The molecule has 0 bridgehead atoms. The summed E-state index contributed by atoms with van der Waals surface area (Å²) >= 11 is 0. The zero-order valence-corrected chi connectivity index (χ0v) is 22.8. The van der Waals surface area contributed by atoms with E-state index in [0.29, 0.717) is 46.8 Å². The maximum atomic E-state index is 12.2. The van der Waals surface area contributed by atoms with Crippen LogP contribution in [0, 0.1) is 52.3 Å². The highest BCUT2D eigenvalue weighted by molar-refractivity contribution is 5.66. The van der Waals surface area contributed by atoms with Gasteiger partial charge in [0.25, 0.3) is 0 Å². The van der Waals surface area contributed by atoms with Crippen molar-refractivity contribution in [3.63, 3.8) is 0 Å². The SMILES string of the molecule is CC[C@H](/C=C/[C@@H](C)[C@H]1CC[C@H]2[C@@H]3[C@H](OC(C)=O)C=C4C[C@@H](O)CC[C@]4(C)[C@H]3CC[C@]12C)C(C)C. The molecule has 34 heavy (non-hydrogen) atoms. The fourth-order valence-electron chi connectivity index (χ4n) is 9.09. The van der Waals surface area contributed by atoms with Gasteiger partial charge in [0.2, 0.25) is 0 Å². The molecular weight excluding hydrogens is 420 g/mol. The van der Waals surface area contributed by atoms with E-state index in [0.717, 1.165) is 19.3 Å². The van der Waals surface area contributed by atoms with Crippen LogP contribution >= 0.6 is 0 Å². The van der Waals surface area contributed by atoms with Crippen molar-refractivity contribution in [3.8, 4) is 0 Å². The van der Waals surface area contributed by atoms with Crippen LogP contribution in [0.25, 0.3) is 0 Å². The van der Waals surface area contributed by atoms with E-state index in [1.54, 1.807) is 6.92 Å². The van der Waals surface area contributed by atoms with Gasteiger partial charge in [0, 0.05) is 12.8 Å². The molecule has 4 rings (SSSR count). The Kier molecular flexibility index (Phi) is 7.45. The second kappa shape index (κ2) is 9.75. The van der Waals surface area contributed by atoms with E-state index in [4.69, 9.17) is 4.74 Å². The van der Waals surface area contributed by atoms with Gasteiger partial charge in [-0.1, -0.05) is 59.3 Å².